The van der Waals surface area contributed by atoms with Crippen molar-refractivity contribution in [1.29, 1.82) is 0 Å². The Morgan fingerprint density at radius 2 is 1.87 bits per heavy atom. The van der Waals surface area contributed by atoms with Crippen molar-refractivity contribution in [3.63, 3.8) is 0 Å². The molecule has 30 heavy (non-hydrogen) atoms. The number of hydrogen-bond acceptors (Lipinski definition) is 4. The van der Waals surface area contributed by atoms with Gasteiger partial charge in [-0.05, 0) is 43.7 Å². The minimum atomic E-state index is -0.0345. The highest BCUT2D eigenvalue weighted by molar-refractivity contribution is 14.0. The minimum absolute atomic E-state index is 0. The fraction of sp³-hybridized carbons (Fsp3) is 0.304. The highest BCUT2D eigenvalue weighted by Gasteiger charge is 2.07. The van der Waals surface area contributed by atoms with Crippen molar-refractivity contribution in [1.82, 2.24) is 15.6 Å². The number of benzene rings is 2. The molecule has 3 aromatic rings. The van der Waals surface area contributed by atoms with Gasteiger partial charge in [-0.2, -0.15) is 0 Å². The number of hydrogen-bond donors (Lipinski definition) is 2. The molecule has 2 aromatic carbocycles. The number of methoxy groups -OCH3 is 1. The van der Waals surface area contributed by atoms with E-state index in [0.717, 1.165) is 40.5 Å². The lowest BCUT2D eigenvalue weighted by molar-refractivity contribution is 0.223. The smallest absolute Gasteiger partial charge is 0.191 e. The zero-order valence-electron chi connectivity index (χ0n) is 17.6. The fourth-order valence-electron chi connectivity index (χ4n) is 2.99. The predicted octanol–water partition coefficient (Wildman–Crippen LogP) is 4.38. The molecule has 160 valence electrons. The van der Waals surface area contributed by atoms with E-state index in [1.165, 1.54) is 0 Å². The molecule has 0 spiro atoms. The highest BCUT2D eigenvalue weighted by Crippen LogP contribution is 2.20. The summed E-state index contributed by atoms with van der Waals surface area (Å²) in [5, 5.41) is 7.77. The van der Waals surface area contributed by atoms with Crippen LogP contribution in [0.4, 0.5) is 0 Å². The number of aliphatic imine (C=N–C) groups is 1. The third-order valence-corrected chi connectivity index (χ3v) is 4.43. The summed E-state index contributed by atoms with van der Waals surface area (Å²) >= 11 is 0. The second kappa shape index (κ2) is 12.2. The van der Waals surface area contributed by atoms with Gasteiger partial charge in [0.2, 0.25) is 0 Å². The van der Waals surface area contributed by atoms with Crippen molar-refractivity contribution in [2.45, 2.75) is 26.5 Å². The molecule has 1 heterocycles. The third kappa shape index (κ3) is 6.76. The summed E-state index contributed by atoms with van der Waals surface area (Å²) in [6.45, 7) is 6.05. The molecule has 0 aliphatic heterocycles. The molecule has 1 atom stereocenters. The van der Waals surface area contributed by atoms with Crippen LogP contribution in [0.25, 0.3) is 10.9 Å². The molecule has 2 N–H and O–H groups in total. The number of nitrogens with zero attached hydrogens (tertiary/aromatic N) is 2. The summed E-state index contributed by atoms with van der Waals surface area (Å²) in [7, 11) is 1.65. The van der Waals surface area contributed by atoms with Gasteiger partial charge in [0, 0.05) is 24.2 Å². The van der Waals surface area contributed by atoms with E-state index >= 15 is 0 Å². The Balaban J connectivity index is 0.00000320. The van der Waals surface area contributed by atoms with Crippen molar-refractivity contribution < 1.29 is 9.47 Å². The molecular formula is C23H29IN4O2. The van der Waals surface area contributed by atoms with Gasteiger partial charge in [-0.25, -0.2) is 4.99 Å². The van der Waals surface area contributed by atoms with Crippen molar-refractivity contribution in [3.05, 3.63) is 66.4 Å². The fourth-order valence-corrected chi connectivity index (χ4v) is 2.99. The summed E-state index contributed by atoms with van der Waals surface area (Å²) in [6, 6.07) is 17.8. The first-order valence-corrected chi connectivity index (χ1v) is 9.85. The number of para-hydroxylation sites is 1. The van der Waals surface area contributed by atoms with Gasteiger partial charge in [-0.15, -0.1) is 24.0 Å². The minimum Gasteiger partial charge on any atom is -0.497 e. The van der Waals surface area contributed by atoms with E-state index in [9.17, 15) is 0 Å². The standard InChI is InChI=1S/C23H28N4O2.HI/c1-4-24-23(26-15-17(2)29-20-9-7-8-19(14-20)28-3)27-16-18-12-13-25-22-11-6-5-10-21(18)22;/h5-14,17H,4,15-16H2,1-3H3,(H2,24,26,27);1H. The van der Waals surface area contributed by atoms with E-state index in [1.807, 2.05) is 61.7 Å². The second-order valence-corrected chi connectivity index (χ2v) is 6.67. The lowest BCUT2D eigenvalue weighted by Gasteiger charge is -2.18. The Morgan fingerprint density at radius 1 is 1.07 bits per heavy atom. The van der Waals surface area contributed by atoms with E-state index in [2.05, 4.69) is 28.6 Å². The second-order valence-electron chi connectivity index (χ2n) is 6.67. The topological polar surface area (TPSA) is 67.8 Å². The number of rotatable bonds is 8. The molecule has 3 rings (SSSR count). The molecule has 0 saturated carbocycles. The lowest BCUT2D eigenvalue weighted by Crippen LogP contribution is -2.41. The summed E-state index contributed by atoms with van der Waals surface area (Å²) in [4.78, 5) is 9.14. The molecule has 0 aliphatic carbocycles. The number of nitrogens with one attached hydrogen (secondary N) is 2. The van der Waals surface area contributed by atoms with Crippen molar-refractivity contribution in [2.75, 3.05) is 20.2 Å². The monoisotopic (exact) mass is 520 g/mol. The zero-order valence-corrected chi connectivity index (χ0v) is 19.9. The number of guanidine groups is 1. The molecule has 7 heteroatoms. The van der Waals surface area contributed by atoms with Crippen LogP contribution in [-0.2, 0) is 6.54 Å². The van der Waals surface area contributed by atoms with Gasteiger partial charge in [-0.3, -0.25) is 4.98 Å². The number of halogens is 1. The van der Waals surface area contributed by atoms with E-state index in [-0.39, 0.29) is 30.1 Å². The summed E-state index contributed by atoms with van der Waals surface area (Å²) < 4.78 is 11.2. The first-order chi connectivity index (χ1) is 14.2. The third-order valence-electron chi connectivity index (χ3n) is 4.43. The molecule has 1 unspecified atom stereocenters. The lowest BCUT2D eigenvalue weighted by atomic mass is 10.1. The van der Waals surface area contributed by atoms with Gasteiger partial charge in [0.15, 0.2) is 5.96 Å². The Bertz CT molecular complexity index is 959. The van der Waals surface area contributed by atoms with Crippen molar-refractivity contribution in [2.24, 2.45) is 4.99 Å². The van der Waals surface area contributed by atoms with E-state index in [4.69, 9.17) is 14.5 Å². The Morgan fingerprint density at radius 3 is 2.67 bits per heavy atom. The Kier molecular flexibility index (Phi) is 9.66. The van der Waals surface area contributed by atoms with E-state index < -0.39 is 0 Å². The van der Waals surface area contributed by atoms with Crippen LogP contribution in [0.1, 0.15) is 19.4 Å². The molecular weight excluding hydrogens is 491 g/mol. The van der Waals surface area contributed by atoms with Gasteiger partial charge in [0.25, 0.3) is 0 Å². The van der Waals surface area contributed by atoms with E-state index in [0.29, 0.717) is 13.1 Å². The molecule has 0 bridgehead atoms. The van der Waals surface area contributed by atoms with Gasteiger partial charge >= 0.3 is 0 Å². The Labute approximate surface area is 195 Å². The van der Waals surface area contributed by atoms with Crippen LogP contribution in [0, 0.1) is 0 Å². The zero-order chi connectivity index (χ0) is 20.5. The summed E-state index contributed by atoms with van der Waals surface area (Å²) in [5.74, 6) is 2.32. The van der Waals surface area contributed by atoms with Crippen LogP contribution in [-0.4, -0.2) is 37.2 Å². The van der Waals surface area contributed by atoms with Gasteiger partial charge in [0.05, 0.1) is 25.7 Å². The Hall–Kier alpha value is -2.55. The number of aromatic nitrogens is 1. The average Bonchev–Trinajstić information content (AvgIpc) is 2.75. The van der Waals surface area contributed by atoms with Crippen molar-refractivity contribution >= 4 is 40.8 Å². The van der Waals surface area contributed by atoms with Crippen LogP contribution in [0.3, 0.4) is 0 Å². The summed E-state index contributed by atoms with van der Waals surface area (Å²) in [6.07, 6.45) is 1.80. The largest absolute Gasteiger partial charge is 0.497 e. The molecule has 0 amide bonds. The number of fused-ring (bicyclic) bond motifs is 1. The SMILES string of the molecule is CCNC(=NCc1ccnc2ccccc12)NCC(C)Oc1cccc(OC)c1.I. The molecule has 6 nitrogen and oxygen atoms in total. The molecule has 0 radical (unpaired) electrons. The number of ether oxygens (including phenoxy) is 2. The van der Waals surface area contributed by atoms with Crippen LogP contribution in [0.5, 0.6) is 11.5 Å². The van der Waals surface area contributed by atoms with E-state index in [1.54, 1.807) is 7.11 Å². The number of pyridine rings is 1. The maximum atomic E-state index is 5.97. The maximum Gasteiger partial charge on any atom is 0.191 e. The first kappa shape index (κ1) is 23.7. The average molecular weight is 520 g/mol. The first-order valence-electron chi connectivity index (χ1n) is 9.85. The van der Waals surface area contributed by atoms with Crippen LogP contribution >= 0.6 is 24.0 Å². The normalized spacial score (nSPS) is 12.0. The molecule has 1 aromatic heterocycles. The molecule has 0 fully saturated rings. The molecule has 0 saturated heterocycles. The van der Waals surface area contributed by atoms with Gasteiger partial charge in [0.1, 0.15) is 17.6 Å². The quantitative estimate of drug-likeness (QED) is 0.262. The molecule has 0 aliphatic rings. The van der Waals surface area contributed by atoms with Crippen LogP contribution < -0.4 is 20.1 Å². The predicted molar refractivity (Wildman–Crippen MR) is 133 cm³/mol. The maximum absolute atomic E-state index is 5.97. The van der Waals surface area contributed by atoms with Crippen LogP contribution in [0.15, 0.2) is 65.8 Å². The van der Waals surface area contributed by atoms with Gasteiger partial charge < -0.3 is 20.1 Å². The van der Waals surface area contributed by atoms with Crippen LogP contribution in [0.2, 0.25) is 0 Å². The van der Waals surface area contributed by atoms with Crippen molar-refractivity contribution in [3.8, 4) is 11.5 Å². The van der Waals surface area contributed by atoms with Gasteiger partial charge in [-0.1, -0.05) is 24.3 Å². The highest BCUT2D eigenvalue weighted by atomic mass is 127. The summed E-state index contributed by atoms with van der Waals surface area (Å²) in [5.41, 5.74) is 2.13.